The predicted octanol–water partition coefficient (Wildman–Crippen LogP) is 3.22. The van der Waals surface area contributed by atoms with Crippen molar-refractivity contribution in [1.82, 2.24) is 9.38 Å². The van der Waals surface area contributed by atoms with E-state index in [0.717, 1.165) is 21.9 Å². The summed E-state index contributed by atoms with van der Waals surface area (Å²) in [7, 11) is 1.44. The summed E-state index contributed by atoms with van der Waals surface area (Å²) in [4.78, 5) is 16.6. The number of methoxy groups -OCH3 is 1. The Morgan fingerprint density at radius 3 is 2.86 bits per heavy atom. The summed E-state index contributed by atoms with van der Waals surface area (Å²) in [6.45, 7) is 0. The van der Waals surface area contributed by atoms with Crippen molar-refractivity contribution in [2.24, 2.45) is 0 Å². The van der Waals surface area contributed by atoms with Gasteiger partial charge in [-0.3, -0.25) is 4.40 Å². The zero-order valence-corrected chi connectivity index (χ0v) is 12.7. The lowest BCUT2D eigenvalue weighted by Gasteiger charge is -2.01. The van der Waals surface area contributed by atoms with Crippen LogP contribution in [-0.4, -0.2) is 27.6 Å². The quantitative estimate of drug-likeness (QED) is 0.580. The summed E-state index contributed by atoms with van der Waals surface area (Å²) in [5.41, 5.74) is 2.99. The van der Waals surface area contributed by atoms with Gasteiger partial charge < -0.3 is 9.84 Å². The van der Waals surface area contributed by atoms with E-state index in [0.29, 0.717) is 0 Å². The molecule has 0 radical (unpaired) electrons. The summed E-state index contributed by atoms with van der Waals surface area (Å²) in [5, 5.41) is 11.1. The number of fused-ring (bicyclic) bond motifs is 1. The van der Waals surface area contributed by atoms with E-state index in [-0.39, 0.29) is 12.0 Å². The molecule has 1 aromatic carbocycles. The molecule has 2 heterocycles. The smallest absolute Gasteiger partial charge is 0.335 e. The van der Waals surface area contributed by atoms with Gasteiger partial charge in [0, 0.05) is 29.3 Å². The maximum atomic E-state index is 11.2. The summed E-state index contributed by atoms with van der Waals surface area (Å²) >= 11 is 1.49. The minimum absolute atomic E-state index is 0.206. The summed E-state index contributed by atoms with van der Waals surface area (Å²) in [6.07, 6.45) is 3.48. The number of rotatable bonds is 5. The van der Waals surface area contributed by atoms with Gasteiger partial charge in [0.05, 0.1) is 24.6 Å². The van der Waals surface area contributed by atoms with Crippen molar-refractivity contribution >= 4 is 22.3 Å². The van der Waals surface area contributed by atoms with Gasteiger partial charge in [0.25, 0.3) is 0 Å². The van der Waals surface area contributed by atoms with E-state index in [9.17, 15) is 9.90 Å². The predicted molar refractivity (Wildman–Crippen MR) is 84.9 cm³/mol. The Kier molecular flexibility index (Phi) is 3.93. The lowest BCUT2D eigenvalue weighted by Crippen LogP contribution is -2.05. The van der Waals surface area contributed by atoms with Gasteiger partial charge in [-0.15, -0.1) is 11.3 Å². The summed E-state index contributed by atoms with van der Waals surface area (Å²) in [6, 6.07) is 9.89. The van der Waals surface area contributed by atoms with Gasteiger partial charge in [-0.1, -0.05) is 30.3 Å². The van der Waals surface area contributed by atoms with Crippen LogP contribution in [0.3, 0.4) is 0 Å². The highest BCUT2D eigenvalue weighted by Gasteiger charge is 2.14. The standard InChI is InChI=1S/C16H14N2O3S/c1-21-9-12(15(19)20)7-13-10-22-16-17-14(8-18(13)16)11-5-3-2-4-6-11/h2-6,8-10H,7H2,1H3,(H,19,20). The van der Waals surface area contributed by atoms with Gasteiger partial charge in [0.2, 0.25) is 0 Å². The average Bonchev–Trinajstić information content (AvgIpc) is 3.09. The molecule has 0 fully saturated rings. The molecule has 2 aromatic heterocycles. The second-order valence-corrected chi connectivity index (χ2v) is 5.57. The molecule has 0 saturated heterocycles. The Bertz CT molecular complexity index is 834. The lowest BCUT2D eigenvalue weighted by molar-refractivity contribution is -0.132. The first kappa shape index (κ1) is 14.3. The van der Waals surface area contributed by atoms with Gasteiger partial charge in [-0.2, -0.15) is 0 Å². The average molecular weight is 314 g/mol. The van der Waals surface area contributed by atoms with Crippen LogP contribution in [0, 0.1) is 0 Å². The van der Waals surface area contributed by atoms with E-state index < -0.39 is 5.97 Å². The normalized spacial score (nSPS) is 11.8. The first-order valence-electron chi connectivity index (χ1n) is 6.65. The maximum Gasteiger partial charge on any atom is 0.335 e. The SMILES string of the molecule is COC=C(Cc1csc2nc(-c3ccccc3)cn12)C(=O)O. The number of carboxylic acid groups (broad SMARTS) is 1. The van der Waals surface area contributed by atoms with E-state index >= 15 is 0 Å². The van der Waals surface area contributed by atoms with E-state index in [1.807, 2.05) is 46.3 Å². The van der Waals surface area contributed by atoms with Gasteiger partial charge in [0.1, 0.15) is 0 Å². The van der Waals surface area contributed by atoms with E-state index in [2.05, 4.69) is 4.98 Å². The van der Waals surface area contributed by atoms with E-state index in [4.69, 9.17) is 4.74 Å². The van der Waals surface area contributed by atoms with Crippen LogP contribution in [0.1, 0.15) is 5.69 Å². The Hall–Kier alpha value is -2.60. The molecule has 6 heteroatoms. The number of carboxylic acids is 1. The molecule has 1 N–H and O–H groups in total. The van der Waals surface area contributed by atoms with Crippen molar-refractivity contribution in [1.29, 1.82) is 0 Å². The number of imidazole rings is 1. The molecule has 22 heavy (non-hydrogen) atoms. The number of nitrogens with zero attached hydrogens (tertiary/aromatic N) is 2. The third-order valence-corrected chi connectivity index (χ3v) is 4.15. The highest BCUT2D eigenvalue weighted by molar-refractivity contribution is 7.15. The van der Waals surface area contributed by atoms with Crippen LogP contribution in [0.2, 0.25) is 0 Å². The van der Waals surface area contributed by atoms with Crippen molar-refractivity contribution in [3.63, 3.8) is 0 Å². The molecule has 0 aliphatic heterocycles. The fourth-order valence-corrected chi connectivity index (χ4v) is 3.08. The zero-order chi connectivity index (χ0) is 15.5. The van der Waals surface area contributed by atoms with Crippen molar-refractivity contribution in [2.45, 2.75) is 6.42 Å². The molecular formula is C16H14N2O3S. The lowest BCUT2D eigenvalue weighted by atomic mass is 10.1. The molecule has 0 aliphatic rings. The minimum atomic E-state index is -0.982. The Morgan fingerprint density at radius 1 is 1.41 bits per heavy atom. The van der Waals surface area contributed by atoms with Gasteiger partial charge >= 0.3 is 5.97 Å². The van der Waals surface area contributed by atoms with Gasteiger partial charge in [-0.05, 0) is 0 Å². The number of ether oxygens (including phenoxy) is 1. The molecule has 0 atom stereocenters. The number of hydrogen-bond acceptors (Lipinski definition) is 4. The van der Waals surface area contributed by atoms with Crippen molar-refractivity contribution in [3.8, 4) is 11.3 Å². The number of benzene rings is 1. The van der Waals surface area contributed by atoms with Crippen molar-refractivity contribution < 1.29 is 14.6 Å². The van der Waals surface area contributed by atoms with E-state index in [1.165, 1.54) is 24.7 Å². The van der Waals surface area contributed by atoms with Crippen LogP contribution in [-0.2, 0) is 16.0 Å². The third kappa shape index (κ3) is 2.73. The molecule has 0 bridgehead atoms. The molecule has 0 unspecified atom stereocenters. The first-order valence-corrected chi connectivity index (χ1v) is 7.53. The topological polar surface area (TPSA) is 63.8 Å². The number of aromatic nitrogens is 2. The molecule has 112 valence electrons. The van der Waals surface area contributed by atoms with E-state index in [1.54, 1.807) is 0 Å². The molecule has 0 spiro atoms. The van der Waals surface area contributed by atoms with Gasteiger partial charge in [0.15, 0.2) is 4.96 Å². The third-order valence-electron chi connectivity index (χ3n) is 3.26. The zero-order valence-electron chi connectivity index (χ0n) is 11.9. The molecule has 3 rings (SSSR count). The number of thiazole rings is 1. The monoisotopic (exact) mass is 314 g/mol. The molecule has 0 aliphatic carbocycles. The summed E-state index contributed by atoms with van der Waals surface area (Å²) < 4.78 is 6.77. The number of aliphatic carboxylic acids is 1. The maximum absolute atomic E-state index is 11.2. The minimum Gasteiger partial charge on any atom is -0.504 e. The first-order chi connectivity index (χ1) is 10.7. The van der Waals surface area contributed by atoms with Crippen molar-refractivity contribution in [2.75, 3.05) is 7.11 Å². The molecule has 0 amide bonds. The Labute approximate surface area is 131 Å². The Balaban J connectivity index is 1.97. The van der Waals surface area contributed by atoms with Crippen LogP contribution in [0.4, 0.5) is 0 Å². The highest BCUT2D eigenvalue weighted by Crippen LogP contribution is 2.24. The van der Waals surface area contributed by atoms with Crippen LogP contribution in [0.15, 0.2) is 53.7 Å². The molecular weight excluding hydrogens is 300 g/mol. The molecule has 3 aromatic rings. The second kappa shape index (κ2) is 6.03. The number of hydrogen-bond donors (Lipinski definition) is 1. The largest absolute Gasteiger partial charge is 0.504 e. The summed E-state index contributed by atoms with van der Waals surface area (Å²) in [5.74, 6) is -0.982. The number of carbonyl (C=O) groups is 1. The fraction of sp³-hybridized carbons (Fsp3) is 0.125. The fourth-order valence-electron chi connectivity index (χ4n) is 2.21. The van der Waals surface area contributed by atoms with Crippen LogP contribution in [0.5, 0.6) is 0 Å². The molecule has 5 nitrogen and oxygen atoms in total. The van der Waals surface area contributed by atoms with Crippen molar-refractivity contribution in [3.05, 3.63) is 59.4 Å². The Morgan fingerprint density at radius 2 is 2.18 bits per heavy atom. The highest BCUT2D eigenvalue weighted by atomic mass is 32.1. The van der Waals surface area contributed by atoms with Crippen LogP contribution in [0.25, 0.3) is 16.2 Å². The van der Waals surface area contributed by atoms with Crippen LogP contribution >= 0.6 is 11.3 Å². The second-order valence-electron chi connectivity index (χ2n) is 4.73. The van der Waals surface area contributed by atoms with Crippen LogP contribution < -0.4 is 0 Å². The van der Waals surface area contributed by atoms with Gasteiger partial charge in [-0.25, -0.2) is 9.78 Å². The molecule has 0 saturated carbocycles.